The van der Waals surface area contributed by atoms with Crippen LogP contribution in [0.5, 0.6) is 0 Å². The molecule has 0 fully saturated rings. The van der Waals surface area contributed by atoms with Crippen LogP contribution < -0.4 is 0 Å². The Morgan fingerprint density at radius 1 is 1.60 bits per heavy atom. The lowest BCUT2D eigenvalue weighted by Gasteiger charge is -1.99. The largest absolute Gasteiger partial charge is 0.261 e. The van der Waals surface area contributed by atoms with E-state index in [1.165, 1.54) is 5.56 Å². The van der Waals surface area contributed by atoms with Crippen molar-refractivity contribution >= 4 is 12.6 Å². The molecular formula is C8H11NS. The molecule has 0 aliphatic heterocycles. The van der Waals surface area contributed by atoms with E-state index in [-0.39, 0.29) is 0 Å². The van der Waals surface area contributed by atoms with Gasteiger partial charge in [-0.05, 0) is 30.7 Å². The second-order valence-corrected chi connectivity index (χ2v) is 2.69. The molecule has 1 heterocycles. The Hall–Kier alpha value is -0.500. The first kappa shape index (κ1) is 7.61. The molecule has 0 unspecified atom stereocenters. The van der Waals surface area contributed by atoms with E-state index >= 15 is 0 Å². The SMILES string of the molecule is Cc1cccnc1CCS. The monoisotopic (exact) mass is 153 g/mol. The molecule has 1 rings (SSSR count). The smallest absolute Gasteiger partial charge is 0.0440 e. The molecule has 0 amide bonds. The van der Waals surface area contributed by atoms with Gasteiger partial charge in [-0.25, -0.2) is 0 Å². The van der Waals surface area contributed by atoms with Crippen molar-refractivity contribution in [3.05, 3.63) is 29.6 Å². The highest BCUT2D eigenvalue weighted by Gasteiger charge is 1.94. The zero-order valence-electron chi connectivity index (χ0n) is 6.04. The first-order chi connectivity index (χ1) is 4.84. The van der Waals surface area contributed by atoms with Crippen LogP contribution in [-0.2, 0) is 6.42 Å². The average molecular weight is 153 g/mol. The number of nitrogens with zero attached hydrogens (tertiary/aromatic N) is 1. The van der Waals surface area contributed by atoms with Crippen molar-refractivity contribution in [3.63, 3.8) is 0 Å². The molecule has 0 bridgehead atoms. The van der Waals surface area contributed by atoms with Crippen LogP contribution in [0.15, 0.2) is 18.3 Å². The first-order valence-electron chi connectivity index (χ1n) is 3.36. The van der Waals surface area contributed by atoms with Crippen molar-refractivity contribution in [1.29, 1.82) is 0 Å². The fraction of sp³-hybridized carbons (Fsp3) is 0.375. The van der Waals surface area contributed by atoms with Gasteiger partial charge >= 0.3 is 0 Å². The molecule has 0 N–H and O–H groups in total. The van der Waals surface area contributed by atoms with Gasteiger partial charge in [0.25, 0.3) is 0 Å². The highest BCUT2D eigenvalue weighted by Crippen LogP contribution is 2.03. The molecule has 10 heavy (non-hydrogen) atoms. The molecule has 2 heteroatoms. The van der Waals surface area contributed by atoms with E-state index in [4.69, 9.17) is 0 Å². The fourth-order valence-electron chi connectivity index (χ4n) is 0.886. The number of aryl methyl sites for hydroxylation is 2. The van der Waals surface area contributed by atoms with Crippen molar-refractivity contribution in [3.8, 4) is 0 Å². The minimum atomic E-state index is 0.873. The molecule has 0 radical (unpaired) electrons. The molecular weight excluding hydrogens is 142 g/mol. The third-order valence-corrected chi connectivity index (χ3v) is 1.69. The van der Waals surface area contributed by atoms with E-state index in [1.54, 1.807) is 0 Å². The van der Waals surface area contributed by atoms with Gasteiger partial charge in [-0.1, -0.05) is 6.07 Å². The van der Waals surface area contributed by atoms with Crippen LogP contribution in [0.25, 0.3) is 0 Å². The van der Waals surface area contributed by atoms with Crippen LogP contribution in [0.2, 0.25) is 0 Å². The van der Waals surface area contributed by atoms with Gasteiger partial charge in [0.2, 0.25) is 0 Å². The van der Waals surface area contributed by atoms with Gasteiger partial charge in [0.15, 0.2) is 0 Å². The molecule has 1 aromatic heterocycles. The molecule has 0 saturated carbocycles. The van der Waals surface area contributed by atoms with E-state index in [0.29, 0.717) is 0 Å². The summed E-state index contributed by atoms with van der Waals surface area (Å²) in [5.74, 6) is 0.873. The zero-order valence-corrected chi connectivity index (χ0v) is 6.94. The van der Waals surface area contributed by atoms with Crippen molar-refractivity contribution in [2.45, 2.75) is 13.3 Å². The van der Waals surface area contributed by atoms with Crippen LogP contribution in [0, 0.1) is 6.92 Å². The summed E-state index contributed by atoms with van der Waals surface area (Å²) in [6.45, 7) is 2.08. The number of pyridine rings is 1. The predicted molar refractivity (Wildman–Crippen MR) is 46.5 cm³/mol. The summed E-state index contributed by atoms with van der Waals surface area (Å²) in [4.78, 5) is 4.22. The van der Waals surface area contributed by atoms with Gasteiger partial charge in [-0.3, -0.25) is 4.98 Å². The van der Waals surface area contributed by atoms with E-state index in [9.17, 15) is 0 Å². The Bertz CT molecular complexity index is 210. The molecule has 54 valence electrons. The second-order valence-electron chi connectivity index (χ2n) is 2.24. The summed E-state index contributed by atoms with van der Waals surface area (Å²) in [6.07, 6.45) is 2.79. The van der Waals surface area contributed by atoms with Crippen molar-refractivity contribution in [1.82, 2.24) is 4.98 Å². The molecule has 0 atom stereocenters. The van der Waals surface area contributed by atoms with Crippen LogP contribution in [0.1, 0.15) is 11.3 Å². The minimum Gasteiger partial charge on any atom is -0.261 e. The maximum atomic E-state index is 4.22. The summed E-state index contributed by atoms with van der Waals surface area (Å²) < 4.78 is 0. The van der Waals surface area contributed by atoms with Gasteiger partial charge in [-0.2, -0.15) is 12.6 Å². The molecule has 1 aromatic rings. The molecule has 0 spiro atoms. The fourth-order valence-corrected chi connectivity index (χ4v) is 1.10. The van der Waals surface area contributed by atoms with Gasteiger partial charge in [0, 0.05) is 11.9 Å². The third kappa shape index (κ3) is 1.74. The van der Waals surface area contributed by atoms with E-state index in [2.05, 4.69) is 30.6 Å². The average Bonchev–Trinajstić information content (AvgIpc) is 1.94. The number of hydrogen-bond acceptors (Lipinski definition) is 2. The highest BCUT2D eigenvalue weighted by atomic mass is 32.1. The number of thiol groups is 1. The number of rotatable bonds is 2. The lowest BCUT2D eigenvalue weighted by Crippen LogP contribution is -1.93. The van der Waals surface area contributed by atoms with Crippen LogP contribution in [0.3, 0.4) is 0 Å². The minimum absolute atomic E-state index is 0.873. The molecule has 0 aliphatic rings. The lowest BCUT2D eigenvalue weighted by molar-refractivity contribution is 1.02. The third-order valence-electron chi connectivity index (χ3n) is 1.47. The Morgan fingerprint density at radius 2 is 2.40 bits per heavy atom. The zero-order chi connectivity index (χ0) is 7.40. The van der Waals surface area contributed by atoms with Gasteiger partial charge in [0.05, 0.1) is 0 Å². The van der Waals surface area contributed by atoms with E-state index in [1.807, 2.05) is 12.3 Å². The molecule has 0 aliphatic carbocycles. The Balaban J connectivity index is 2.81. The summed E-state index contributed by atoms with van der Waals surface area (Å²) >= 11 is 4.14. The van der Waals surface area contributed by atoms with Gasteiger partial charge in [-0.15, -0.1) is 0 Å². The summed E-state index contributed by atoms with van der Waals surface area (Å²) in [7, 11) is 0. The number of hydrogen-bond donors (Lipinski definition) is 1. The van der Waals surface area contributed by atoms with E-state index < -0.39 is 0 Å². The standard InChI is InChI=1S/C8H11NS/c1-7-3-2-5-9-8(7)4-6-10/h2-3,5,10H,4,6H2,1H3. The van der Waals surface area contributed by atoms with Crippen LogP contribution in [0.4, 0.5) is 0 Å². The maximum absolute atomic E-state index is 4.22. The van der Waals surface area contributed by atoms with Gasteiger partial charge < -0.3 is 0 Å². The first-order valence-corrected chi connectivity index (χ1v) is 3.99. The topological polar surface area (TPSA) is 12.9 Å². The lowest BCUT2D eigenvalue weighted by atomic mass is 10.2. The maximum Gasteiger partial charge on any atom is 0.0440 e. The van der Waals surface area contributed by atoms with Crippen LogP contribution >= 0.6 is 12.6 Å². The highest BCUT2D eigenvalue weighted by molar-refractivity contribution is 7.80. The summed E-state index contributed by atoms with van der Waals surface area (Å²) in [6, 6.07) is 4.03. The predicted octanol–water partition coefficient (Wildman–Crippen LogP) is 1.86. The normalized spacial score (nSPS) is 9.80. The van der Waals surface area contributed by atoms with Crippen molar-refractivity contribution in [2.24, 2.45) is 0 Å². The van der Waals surface area contributed by atoms with Gasteiger partial charge in [0.1, 0.15) is 0 Å². The summed E-state index contributed by atoms with van der Waals surface area (Å²) in [5.41, 5.74) is 2.43. The Kier molecular flexibility index (Phi) is 2.75. The Labute approximate surface area is 66.9 Å². The van der Waals surface area contributed by atoms with Crippen LogP contribution in [-0.4, -0.2) is 10.7 Å². The second kappa shape index (κ2) is 3.62. The number of aromatic nitrogens is 1. The molecule has 0 aromatic carbocycles. The van der Waals surface area contributed by atoms with Crippen molar-refractivity contribution < 1.29 is 0 Å². The van der Waals surface area contributed by atoms with E-state index in [0.717, 1.165) is 17.9 Å². The molecule has 0 saturated heterocycles. The molecule has 1 nitrogen and oxygen atoms in total. The quantitative estimate of drug-likeness (QED) is 0.640. The Morgan fingerprint density at radius 3 is 3.00 bits per heavy atom. The summed E-state index contributed by atoms with van der Waals surface area (Å²) in [5, 5.41) is 0. The van der Waals surface area contributed by atoms with Crippen molar-refractivity contribution in [2.75, 3.05) is 5.75 Å².